The van der Waals surface area contributed by atoms with Gasteiger partial charge in [0.05, 0.1) is 29.6 Å². The van der Waals surface area contributed by atoms with E-state index in [0.29, 0.717) is 24.0 Å². The molecule has 25 heavy (non-hydrogen) atoms. The van der Waals surface area contributed by atoms with Crippen LogP contribution in [0.4, 0.5) is 0 Å². The molecule has 3 aliphatic rings. The normalized spacial score (nSPS) is 42.8. The predicted octanol–water partition coefficient (Wildman–Crippen LogP) is 1.91. The molecule has 0 radical (unpaired) electrons. The number of ether oxygens (including phenoxy) is 3. The lowest BCUT2D eigenvalue weighted by molar-refractivity contribution is -0.153. The Kier molecular flexibility index (Phi) is 4.54. The van der Waals surface area contributed by atoms with E-state index in [-0.39, 0.29) is 18.0 Å². The standard InChI is InChI=1S/C19H26O6/c1-9(2)17(21)23-13-6-10(3)12(20)7-15-19(5,25-15)8-14-16(13)11(4)18(22)24-14/h6,9,12-16,20H,4,7-8H2,1-3,5H3/b10-6+. The Morgan fingerprint density at radius 3 is 2.80 bits per heavy atom. The first-order chi connectivity index (χ1) is 11.6. The van der Waals surface area contributed by atoms with Crippen molar-refractivity contribution in [2.24, 2.45) is 11.8 Å². The fourth-order valence-corrected chi connectivity index (χ4v) is 3.63. The van der Waals surface area contributed by atoms with Gasteiger partial charge in [-0.15, -0.1) is 0 Å². The van der Waals surface area contributed by atoms with Crippen LogP contribution in [0.5, 0.6) is 0 Å². The quantitative estimate of drug-likeness (QED) is 0.354. The second-order valence-corrected chi connectivity index (χ2v) is 7.84. The fourth-order valence-electron chi connectivity index (χ4n) is 3.63. The van der Waals surface area contributed by atoms with Crippen molar-refractivity contribution in [3.63, 3.8) is 0 Å². The van der Waals surface area contributed by atoms with Crippen molar-refractivity contribution in [1.82, 2.24) is 0 Å². The molecule has 2 aliphatic heterocycles. The molecule has 0 aromatic heterocycles. The van der Waals surface area contributed by atoms with Crippen molar-refractivity contribution in [2.75, 3.05) is 0 Å². The molecule has 6 heteroatoms. The molecule has 1 aliphatic carbocycles. The van der Waals surface area contributed by atoms with E-state index in [9.17, 15) is 14.7 Å². The predicted molar refractivity (Wildman–Crippen MR) is 89.5 cm³/mol. The van der Waals surface area contributed by atoms with Crippen molar-refractivity contribution < 1.29 is 28.9 Å². The highest BCUT2D eigenvalue weighted by atomic mass is 16.6. The maximum absolute atomic E-state index is 12.2. The molecule has 2 fully saturated rings. The average Bonchev–Trinajstić information content (AvgIpc) is 3.05. The SMILES string of the molecule is C=C1C(=O)OC2CC3(C)OC3CC(O)/C(C)=C/C(OC(=O)C(C)C)C12. The van der Waals surface area contributed by atoms with Gasteiger partial charge in [0.25, 0.3) is 0 Å². The van der Waals surface area contributed by atoms with E-state index in [1.54, 1.807) is 26.8 Å². The highest BCUT2D eigenvalue weighted by Gasteiger charge is 2.58. The van der Waals surface area contributed by atoms with E-state index in [2.05, 4.69) is 6.58 Å². The maximum atomic E-state index is 12.2. The lowest BCUT2D eigenvalue weighted by Gasteiger charge is -2.28. The largest absolute Gasteiger partial charge is 0.458 e. The summed E-state index contributed by atoms with van der Waals surface area (Å²) in [5, 5.41) is 10.4. The Labute approximate surface area is 147 Å². The van der Waals surface area contributed by atoms with Gasteiger partial charge in [-0.1, -0.05) is 20.4 Å². The second-order valence-electron chi connectivity index (χ2n) is 7.84. The topological polar surface area (TPSA) is 85.4 Å². The maximum Gasteiger partial charge on any atom is 0.334 e. The molecular weight excluding hydrogens is 324 g/mol. The van der Waals surface area contributed by atoms with Crippen LogP contribution >= 0.6 is 0 Å². The van der Waals surface area contributed by atoms with Crippen molar-refractivity contribution in [3.05, 3.63) is 23.8 Å². The summed E-state index contributed by atoms with van der Waals surface area (Å²) in [5.74, 6) is -1.60. The van der Waals surface area contributed by atoms with Crippen LogP contribution in [-0.2, 0) is 23.8 Å². The fraction of sp³-hybridized carbons (Fsp3) is 0.684. The van der Waals surface area contributed by atoms with Gasteiger partial charge in [-0.25, -0.2) is 4.79 Å². The smallest absolute Gasteiger partial charge is 0.334 e. The van der Waals surface area contributed by atoms with Gasteiger partial charge < -0.3 is 19.3 Å². The number of esters is 2. The Bertz CT molecular complexity index is 636. The van der Waals surface area contributed by atoms with Crippen LogP contribution in [0.1, 0.15) is 40.5 Å². The number of carbonyl (C=O) groups excluding carboxylic acids is 2. The van der Waals surface area contributed by atoms with E-state index in [4.69, 9.17) is 14.2 Å². The van der Waals surface area contributed by atoms with Crippen LogP contribution in [-0.4, -0.2) is 47.1 Å². The molecule has 6 unspecified atom stereocenters. The van der Waals surface area contributed by atoms with E-state index >= 15 is 0 Å². The zero-order valence-corrected chi connectivity index (χ0v) is 15.2. The van der Waals surface area contributed by atoms with Gasteiger partial charge in [-0.05, 0) is 25.5 Å². The van der Waals surface area contributed by atoms with Crippen molar-refractivity contribution in [3.8, 4) is 0 Å². The summed E-state index contributed by atoms with van der Waals surface area (Å²) >= 11 is 0. The second kappa shape index (κ2) is 6.25. The number of carbonyl (C=O) groups is 2. The molecule has 0 bridgehead atoms. The third kappa shape index (κ3) is 3.37. The lowest BCUT2D eigenvalue weighted by Crippen LogP contribution is -2.37. The molecule has 0 aromatic carbocycles. The van der Waals surface area contributed by atoms with Crippen LogP contribution < -0.4 is 0 Å². The molecule has 0 aromatic rings. The first-order valence-electron chi connectivity index (χ1n) is 8.77. The molecule has 2 heterocycles. The van der Waals surface area contributed by atoms with Crippen LogP contribution in [0, 0.1) is 11.8 Å². The first kappa shape index (κ1) is 18.1. The number of hydrogen-bond donors (Lipinski definition) is 1. The molecule has 1 N–H and O–H groups in total. The van der Waals surface area contributed by atoms with Gasteiger partial charge in [0.15, 0.2) is 0 Å². The molecule has 6 nitrogen and oxygen atoms in total. The molecule has 0 amide bonds. The minimum absolute atomic E-state index is 0.0752. The average molecular weight is 350 g/mol. The molecular formula is C19H26O6. The number of fused-ring (bicyclic) bond motifs is 2. The van der Waals surface area contributed by atoms with Gasteiger partial charge in [0.1, 0.15) is 12.2 Å². The molecule has 0 spiro atoms. The van der Waals surface area contributed by atoms with Crippen molar-refractivity contribution in [1.29, 1.82) is 0 Å². The molecule has 138 valence electrons. The number of rotatable bonds is 2. The zero-order chi connectivity index (χ0) is 18.5. The van der Waals surface area contributed by atoms with Gasteiger partial charge in [-0.2, -0.15) is 0 Å². The summed E-state index contributed by atoms with van der Waals surface area (Å²) in [4.78, 5) is 24.3. The van der Waals surface area contributed by atoms with Crippen LogP contribution in [0.2, 0.25) is 0 Å². The van der Waals surface area contributed by atoms with Crippen molar-refractivity contribution >= 4 is 11.9 Å². The number of aliphatic hydroxyl groups excluding tert-OH is 1. The van der Waals surface area contributed by atoms with Gasteiger partial charge >= 0.3 is 11.9 Å². The Balaban J connectivity index is 1.97. The van der Waals surface area contributed by atoms with Gasteiger partial charge in [0, 0.05) is 18.4 Å². The highest BCUT2D eigenvalue weighted by molar-refractivity contribution is 5.91. The minimum atomic E-state index is -0.701. The summed E-state index contributed by atoms with van der Waals surface area (Å²) in [6.07, 6.45) is 0.759. The molecule has 0 saturated carbocycles. The summed E-state index contributed by atoms with van der Waals surface area (Å²) in [6, 6.07) is 0. The third-order valence-corrected chi connectivity index (χ3v) is 5.43. The molecule has 3 rings (SSSR count). The Morgan fingerprint density at radius 2 is 2.16 bits per heavy atom. The van der Waals surface area contributed by atoms with Crippen LogP contribution in [0.15, 0.2) is 23.8 Å². The van der Waals surface area contributed by atoms with E-state index in [0.717, 1.165) is 0 Å². The highest BCUT2D eigenvalue weighted by Crippen LogP contribution is 2.48. The molecule has 6 atom stereocenters. The van der Waals surface area contributed by atoms with Crippen LogP contribution in [0.3, 0.4) is 0 Å². The third-order valence-electron chi connectivity index (χ3n) is 5.43. The number of hydrogen-bond acceptors (Lipinski definition) is 6. The lowest BCUT2D eigenvalue weighted by atomic mass is 9.82. The summed E-state index contributed by atoms with van der Waals surface area (Å²) in [5.41, 5.74) is 0.539. The minimum Gasteiger partial charge on any atom is -0.458 e. The van der Waals surface area contributed by atoms with E-state index in [1.807, 2.05) is 6.92 Å². The Morgan fingerprint density at radius 1 is 1.48 bits per heavy atom. The number of aliphatic hydroxyl groups is 1. The van der Waals surface area contributed by atoms with Gasteiger partial charge in [-0.3, -0.25) is 4.79 Å². The first-order valence-corrected chi connectivity index (χ1v) is 8.77. The number of epoxide rings is 1. The van der Waals surface area contributed by atoms with Crippen molar-refractivity contribution in [2.45, 2.75) is 70.6 Å². The zero-order valence-electron chi connectivity index (χ0n) is 15.2. The van der Waals surface area contributed by atoms with Crippen LogP contribution in [0.25, 0.3) is 0 Å². The summed E-state index contributed by atoms with van der Waals surface area (Å²) in [7, 11) is 0. The summed E-state index contributed by atoms with van der Waals surface area (Å²) < 4.78 is 16.9. The monoisotopic (exact) mass is 350 g/mol. The van der Waals surface area contributed by atoms with Gasteiger partial charge in [0.2, 0.25) is 0 Å². The molecule has 2 saturated heterocycles. The van der Waals surface area contributed by atoms with E-state index in [1.165, 1.54) is 0 Å². The Hall–Kier alpha value is -1.66. The summed E-state index contributed by atoms with van der Waals surface area (Å²) in [6.45, 7) is 11.1. The van der Waals surface area contributed by atoms with E-state index < -0.39 is 35.8 Å².